The Hall–Kier alpha value is -1.49. The molecule has 0 spiro atoms. The fourth-order valence-corrected chi connectivity index (χ4v) is 1.57. The van der Waals surface area contributed by atoms with Gasteiger partial charge in [0.05, 0.1) is 17.6 Å². The van der Waals surface area contributed by atoms with Crippen LogP contribution in [0.4, 0.5) is 8.78 Å². The molecule has 0 saturated carbocycles. The van der Waals surface area contributed by atoms with Crippen LogP contribution in [-0.2, 0) is 9.53 Å². The van der Waals surface area contributed by atoms with Gasteiger partial charge in [-0.3, -0.25) is 4.79 Å². The van der Waals surface area contributed by atoms with Crippen molar-refractivity contribution < 1.29 is 23.4 Å². The van der Waals surface area contributed by atoms with Crippen LogP contribution in [0, 0.1) is 17.6 Å². The fraction of sp³-hybridized carbons (Fsp3) is 0.500. The van der Waals surface area contributed by atoms with E-state index in [1.807, 2.05) is 0 Å². The number of benzene rings is 1. The average molecular weight is 272 g/mol. The molecule has 5 heteroatoms. The number of esters is 1. The minimum Gasteiger partial charge on any atom is -0.460 e. The van der Waals surface area contributed by atoms with Crippen LogP contribution in [-0.4, -0.2) is 16.7 Å². The zero-order chi connectivity index (χ0) is 14.8. The van der Waals surface area contributed by atoms with Gasteiger partial charge in [0.2, 0.25) is 0 Å². The molecule has 0 aliphatic carbocycles. The lowest BCUT2D eigenvalue weighted by Gasteiger charge is -2.25. The van der Waals surface area contributed by atoms with Crippen molar-refractivity contribution in [2.24, 2.45) is 5.92 Å². The lowest BCUT2D eigenvalue weighted by molar-refractivity contribution is -0.163. The lowest BCUT2D eigenvalue weighted by atomic mass is 9.96. The van der Waals surface area contributed by atoms with E-state index in [1.54, 1.807) is 20.8 Å². The van der Waals surface area contributed by atoms with Crippen molar-refractivity contribution in [3.8, 4) is 0 Å². The number of carbonyl (C=O) groups is 1. The smallest absolute Gasteiger partial charge is 0.312 e. The highest BCUT2D eigenvalue weighted by molar-refractivity contribution is 5.73. The van der Waals surface area contributed by atoms with Gasteiger partial charge in [0.25, 0.3) is 0 Å². The molecule has 2 unspecified atom stereocenters. The maximum atomic E-state index is 13.5. The number of rotatable bonds is 3. The van der Waals surface area contributed by atoms with E-state index in [9.17, 15) is 18.7 Å². The highest BCUT2D eigenvalue weighted by Gasteiger charge is 2.31. The average Bonchev–Trinajstić information content (AvgIpc) is 2.25. The highest BCUT2D eigenvalue weighted by atomic mass is 19.1. The summed E-state index contributed by atoms with van der Waals surface area (Å²) in [5.41, 5.74) is -1.24. The molecule has 0 aliphatic heterocycles. The summed E-state index contributed by atoms with van der Waals surface area (Å²) in [5, 5.41) is 9.94. The van der Waals surface area contributed by atoms with Gasteiger partial charge in [-0.25, -0.2) is 8.78 Å². The maximum absolute atomic E-state index is 13.5. The zero-order valence-corrected chi connectivity index (χ0v) is 11.4. The Labute approximate surface area is 111 Å². The van der Waals surface area contributed by atoms with Crippen molar-refractivity contribution >= 4 is 5.97 Å². The minimum absolute atomic E-state index is 0.513. The first kappa shape index (κ1) is 15.6. The predicted octanol–water partition coefficient (Wildman–Crippen LogP) is 2.98. The molecular weight excluding hydrogens is 254 g/mol. The zero-order valence-electron chi connectivity index (χ0n) is 11.4. The Balaban J connectivity index is 2.94. The van der Waals surface area contributed by atoms with E-state index in [4.69, 9.17) is 4.74 Å². The molecule has 0 heterocycles. The van der Waals surface area contributed by atoms with Gasteiger partial charge in [-0.2, -0.15) is 0 Å². The van der Waals surface area contributed by atoms with Crippen LogP contribution >= 0.6 is 0 Å². The van der Waals surface area contributed by atoms with E-state index in [0.717, 1.165) is 12.1 Å². The molecule has 0 aliphatic rings. The first-order chi connectivity index (χ1) is 8.63. The molecule has 0 saturated heterocycles. The summed E-state index contributed by atoms with van der Waals surface area (Å²) in [6.45, 7) is 6.39. The highest BCUT2D eigenvalue weighted by Crippen LogP contribution is 2.28. The van der Waals surface area contributed by atoms with Crippen molar-refractivity contribution in [3.05, 3.63) is 35.4 Å². The number of aliphatic hydroxyl groups excluding tert-OH is 1. The second kappa shape index (κ2) is 5.65. The molecule has 1 rings (SSSR count). The van der Waals surface area contributed by atoms with E-state index >= 15 is 0 Å². The quantitative estimate of drug-likeness (QED) is 0.860. The Morgan fingerprint density at radius 2 is 1.74 bits per heavy atom. The molecule has 2 atom stereocenters. The van der Waals surface area contributed by atoms with E-state index < -0.39 is 40.8 Å². The molecule has 0 amide bonds. The summed E-state index contributed by atoms with van der Waals surface area (Å²) in [4.78, 5) is 11.8. The van der Waals surface area contributed by atoms with Gasteiger partial charge in [-0.05, 0) is 39.8 Å². The monoisotopic (exact) mass is 272 g/mol. The molecule has 0 bridgehead atoms. The van der Waals surface area contributed by atoms with E-state index in [-0.39, 0.29) is 0 Å². The number of aliphatic hydroxyl groups is 1. The summed E-state index contributed by atoms with van der Waals surface area (Å²) < 4.78 is 32.1. The molecule has 1 aromatic carbocycles. The van der Waals surface area contributed by atoms with Crippen LogP contribution in [0.5, 0.6) is 0 Å². The molecular formula is C14H18F2O3. The van der Waals surface area contributed by atoms with Crippen LogP contribution in [0.25, 0.3) is 0 Å². The second-order valence-corrected chi connectivity index (χ2v) is 5.40. The molecule has 0 radical (unpaired) electrons. The SMILES string of the molecule is CC(C(=O)OC(C)(C)C)C(O)c1c(F)cccc1F. The number of hydrogen-bond acceptors (Lipinski definition) is 3. The van der Waals surface area contributed by atoms with Crippen molar-refractivity contribution in [1.82, 2.24) is 0 Å². The Morgan fingerprint density at radius 3 is 2.16 bits per heavy atom. The maximum Gasteiger partial charge on any atom is 0.312 e. The topological polar surface area (TPSA) is 46.5 Å². The van der Waals surface area contributed by atoms with Crippen LogP contribution in [0.15, 0.2) is 18.2 Å². The molecule has 0 aromatic heterocycles. The Kier molecular flexibility index (Phi) is 4.63. The Morgan fingerprint density at radius 1 is 1.26 bits per heavy atom. The van der Waals surface area contributed by atoms with Gasteiger partial charge in [0, 0.05) is 0 Å². The summed E-state index contributed by atoms with van der Waals surface area (Å²) in [6.07, 6.45) is -1.59. The summed E-state index contributed by atoms with van der Waals surface area (Å²) in [6, 6.07) is 3.26. The minimum atomic E-state index is -1.59. The summed E-state index contributed by atoms with van der Waals surface area (Å²) >= 11 is 0. The number of halogens is 2. The van der Waals surface area contributed by atoms with Crippen LogP contribution in [0.1, 0.15) is 39.4 Å². The number of hydrogen-bond donors (Lipinski definition) is 1. The predicted molar refractivity (Wildman–Crippen MR) is 66.3 cm³/mol. The van der Waals surface area contributed by atoms with E-state index in [0.29, 0.717) is 0 Å². The first-order valence-electron chi connectivity index (χ1n) is 5.98. The van der Waals surface area contributed by atoms with Gasteiger partial charge in [0.15, 0.2) is 0 Å². The lowest BCUT2D eigenvalue weighted by Crippen LogP contribution is -2.30. The second-order valence-electron chi connectivity index (χ2n) is 5.40. The fourth-order valence-electron chi connectivity index (χ4n) is 1.57. The van der Waals surface area contributed by atoms with Crippen LogP contribution in [0.2, 0.25) is 0 Å². The molecule has 106 valence electrons. The normalized spacial score (nSPS) is 14.9. The third-order valence-electron chi connectivity index (χ3n) is 2.55. The third kappa shape index (κ3) is 3.99. The van der Waals surface area contributed by atoms with Crippen molar-refractivity contribution in [2.45, 2.75) is 39.4 Å². The molecule has 0 fully saturated rings. The van der Waals surface area contributed by atoms with Gasteiger partial charge in [-0.15, -0.1) is 0 Å². The van der Waals surface area contributed by atoms with Gasteiger partial charge < -0.3 is 9.84 Å². The van der Waals surface area contributed by atoms with Crippen LogP contribution in [0.3, 0.4) is 0 Å². The van der Waals surface area contributed by atoms with Gasteiger partial charge in [0.1, 0.15) is 17.2 Å². The molecule has 19 heavy (non-hydrogen) atoms. The first-order valence-corrected chi connectivity index (χ1v) is 5.98. The van der Waals surface area contributed by atoms with Gasteiger partial charge >= 0.3 is 5.97 Å². The van der Waals surface area contributed by atoms with E-state index in [2.05, 4.69) is 0 Å². The van der Waals surface area contributed by atoms with Crippen LogP contribution < -0.4 is 0 Å². The molecule has 3 nitrogen and oxygen atoms in total. The van der Waals surface area contributed by atoms with E-state index in [1.165, 1.54) is 13.0 Å². The summed E-state index contributed by atoms with van der Waals surface area (Å²) in [7, 11) is 0. The van der Waals surface area contributed by atoms with Crippen molar-refractivity contribution in [1.29, 1.82) is 0 Å². The molecule has 1 N–H and O–H groups in total. The standard InChI is InChI=1S/C14H18F2O3/c1-8(13(18)19-14(2,3)4)12(17)11-9(15)6-5-7-10(11)16/h5-8,12,17H,1-4H3. The number of carbonyl (C=O) groups excluding carboxylic acids is 1. The molecule has 1 aromatic rings. The van der Waals surface area contributed by atoms with Crippen molar-refractivity contribution in [3.63, 3.8) is 0 Å². The number of ether oxygens (including phenoxy) is 1. The van der Waals surface area contributed by atoms with Gasteiger partial charge in [-0.1, -0.05) is 6.07 Å². The largest absolute Gasteiger partial charge is 0.460 e. The third-order valence-corrected chi connectivity index (χ3v) is 2.55. The Bertz CT molecular complexity index is 446. The van der Waals surface area contributed by atoms with Crippen molar-refractivity contribution in [2.75, 3.05) is 0 Å². The summed E-state index contributed by atoms with van der Waals surface area (Å²) in [5.74, 6) is -3.54.